The fourth-order valence-corrected chi connectivity index (χ4v) is 3.15. The molecule has 1 aliphatic rings. The molecule has 0 spiro atoms. The summed E-state index contributed by atoms with van der Waals surface area (Å²) in [4.78, 5) is 15.4. The van der Waals surface area contributed by atoms with Crippen LogP contribution in [0.4, 0.5) is 4.39 Å². The molecule has 1 N–H and O–H groups in total. The molecule has 0 saturated carbocycles. The van der Waals surface area contributed by atoms with Gasteiger partial charge in [0.15, 0.2) is 0 Å². The van der Waals surface area contributed by atoms with E-state index in [1.165, 1.54) is 17.0 Å². The van der Waals surface area contributed by atoms with Crippen molar-refractivity contribution in [2.24, 2.45) is 5.92 Å². The highest BCUT2D eigenvalue weighted by atomic mass is 19.1. The summed E-state index contributed by atoms with van der Waals surface area (Å²) >= 11 is 0. The van der Waals surface area contributed by atoms with Gasteiger partial charge in [0.1, 0.15) is 11.4 Å². The Labute approximate surface area is 134 Å². The van der Waals surface area contributed by atoms with Gasteiger partial charge in [0, 0.05) is 57.0 Å². The minimum atomic E-state index is -0.542. The summed E-state index contributed by atoms with van der Waals surface area (Å²) in [5.41, 5.74) is 1.44. The van der Waals surface area contributed by atoms with E-state index in [-0.39, 0.29) is 17.6 Å². The highest BCUT2D eigenvalue weighted by Gasteiger charge is 2.33. The van der Waals surface area contributed by atoms with Crippen molar-refractivity contribution in [2.45, 2.75) is 19.1 Å². The van der Waals surface area contributed by atoms with Gasteiger partial charge in [-0.2, -0.15) is 0 Å². The van der Waals surface area contributed by atoms with Gasteiger partial charge < -0.3 is 14.4 Å². The fraction of sp³-hybridized carbons (Fsp3) is 0.471. The smallest absolute Gasteiger partial charge is 0.222 e. The third-order valence-electron chi connectivity index (χ3n) is 4.40. The number of rotatable bonds is 4. The van der Waals surface area contributed by atoms with Crippen molar-refractivity contribution < 1.29 is 18.7 Å². The summed E-state index contributed by atoms with van der Waals surface area (Å²) in [6.07, 6.45) is 1.33. The number of likely N-dealkylation sites (tertiary alicyclic amines) is 1. The second kappa shape index (κ2) is 6.29. The third-order valence-corrected chi connectivity index (χ3v) is 4.40. The monoisotopic (exact) mass is 320 g/mol. The Morgan fingerprint density at radius 1 is 1.43 bits per heavy atom. The number of hydrogen-bond acceptors (Lipinski definition) is 4. The number of nitrogens with zero attached hydrogens (tertiary/aromatic N) is 2. The van der Waals surface area contributed by atoms with Crippen LogP contribution in [0.25, 0.3) is 11.0 Å². The zero-order valence-electron chi connectivity index (χ0n) is 13.3. The minimum Gasteiger partial charge on any atom is -0.464 e. The predicted octanol–water partition coefficient (Wildman–Crippen LogP) is 1.84. The van der Waals surface area contributed by atoms with Crippen molar-refractivity contribution in [1.29, 1.82) is 0 Å². The Bertz CT molecular complexity index is 713. The summed E-state index contributed by atoms with van der Waals surface area (Å²) in [7, 11) is 3.42. The van der Waals surface area contributed by atoms with Crippen LogP contribution in [-0.2, 0) is 11.3 Å². The van der Waals surface area contributed by atoms with E-state index >= 15 is 0 Å². The SMILES string of the molecule is CN(C)C(=O)C[C@@H]1CN(Cc2cc(F)cc3ccoc23)C[C@H]1O. The van der Waals surface area contributed by atoms with Crippen LogP contribution in [0.2, 0.25) is 0 Å². The first-order valence-electron chi connectivity index (χ1n) is 7.70. The van der Waals surface area contributed by atoms with Crippen molar-refractivity contribution in [1.82, 2.24) is 9.80 Å². The average molecular weight is 320 g/mol. The fourth-order valence-electron chi connectivity index (χ4n) is 3.15. The molecule has 0 bridgehead atoms. The van der Waals surface area contributed by atoms with Gasteiger partial charge in [-0.15, -0.1) is 0 Å². The van der Waals surface area contributed by atoms with E-state index in [9.17, 15) is 14.3 Å². The first-order valence-corrected chi connectivity index (χ1v) is 7.70. The number of aliphatic hydroxyl groups is 1. The number of furan rings is 1. The second-order valence-electron chi connectivity index (χ2n) is 6.42. The average Bonchev–Trinajstić information content (AvgIpc) is 3.06. The molecule has 2 heterocycles. The van der Waals surface area contributed by atoms with Crippen molar-refractivity contribution in [3.05, 3.63) is 35.8 Å². The molecule has 5 nitrogen and oxygen atoms in total. The van der Waals surface area contributed by atoms with Gasteiger partial charge in [0.05, 0.1) is 12.4 Å². The number of amides is 1. The van der Waals surface area contributed by atoms with E-state index in [1.54, 1.807) is 26.4 Å². The molecular weight excluding hydrogens is 299 g/mol. The zero-order valence-corrected chi connectivity index (χ0v) is 13.3. The molecule has 0 unspecified atom stereocenters. The van der Waals surface area contributed by atoms with Crippen LogP contribution >= 0.6 is 0 Å². The molecule has 2 aromatic rings. The number of halogens is 1. The van der Waals surface area contributed by atoms with Gasteiger partial charge in [-0.3, -0.25) is 9.69 Å². The molecule has 124 valence electrons. The summed E-state index contributed by atoms with van der Waals surface area (Å²) in [6.45, 7) is 1.58. The number of aliphatic hydroxyl groups excluding tert-OH is 1. The summed E-state index contributed by atoms with van der Waals surface area (Å²) < 4.78 is 19.2. The summed E-state index contributed by atoms with van der Waals surface area (Å²) in [6, 6.07) is 4.65. The molecular formula is C17H21FN2O3. The Kier molecular flexibility index (Phi) is 4.37. The number of carbonyl (C=O) groups excluding carboxylic acids is 1. The second-order valence-corrected chi connectivity index (χ2v) is 6.42. The number of carbonyl (C=O) groups is 1. The lowest BCUT2D eigenvalue weighted by Gasteiger charge is -2.17. The maximum atomic E-state index is 13.7. The number of benzene rings is 1. The van der Waals surface area contributed by atoms with Gasteiger partial charge in [0.2, 0.25) is 5.91 Å². The molecule has 1 fully saturated rings. The lowest BCUT2D eigenvalue weighted by Crippen LogP contribution is -2.28. The van der Waals surface area contributed by atoms with Crippen LogP contribution in [0.15, 0.2) is 28.9 Å². The van der Waals surface area contributed by atoms with E-state index < -0.39 is 6.10 Å². The maximum Gasteiger partial charge on any atom is 0.222 e. The van der Waals surface area contributed by atoms with Gasteiger partial charge in [-0.1, -0.05) is 0 Å². The molecule has 6 heteroatoms. The highest BCUT2D eigenvalue weighted by Crippen LogP contribution is 2.27. The molecule has 1 aromatic carbocycles. The maximum absolute atomic E-state index is 13.7. The molecule has 3 rings (SSSR count). The molecule has 2 atom stereocenters. The van der Waals surface area contributed by atoms with Crippen LogP contribution in [0, 0.1) is 11.7 Å². The van der Waals surface area contributed by atoms with Crippen molar-refractivity contribution in [2.75, 3.05) is 27.2 Å². The van der Waals surface area contributed by atoms with Crippen LogP contribution in [0.3, 0.4) is 0 Å². The molecule has 1 aromatic heterocycles. The highest BCUT2D eigenvalue weighted by molar-refractivity contribution is 5.80. The third kappa shape index (κ3) is 3.38. The van der Waals surface area contributed by atoms with E-state index in [4.69, 9.17) is 4.42 Å². The number of β-amino-alcohol motifs (C(OH)–C–C–N with tert-alkyl or cyclic N) is 1. The number of fused-ring (bicyclic) bond motifs is 1. The molecule has 0 aliphatic carbocycles. The molecule has 1 amide bonds. The van der Waals surface area contributed by atoms with Crippen LogP contribution in [0.5, 0.6) is 0 Å². The minimum absolute atomic E-state index is 0.00933. The summed E-state index contributed by atoms with van der Waals surface area (Å²) in [5.74, 6) is -0.381. The Balaban J connectivity index is 1.71. The lowest BCUT2D eigenvalue weighted by atomic mass is 10.0. The molecule has 0 radical (unpaired) electrons. The van der Waals surface area contributed by atoms with Gasteiger partial charge in [-0.25, -0.2) is 4.39 Å². The van der Waals surface area contributed by atoms with Crippen LogP contribution < -0.4 is 0 Å². The normalized spacial score (nSPS) is 21.9. The largest absolute Gasteiger partial charge is 0.464 e. The summed E-state index contributed by atoms with van der Waals surface area (Å²) in [5, 5.41) is 10.9. The Morgan fingerprint density at radius 3 is 2.96 bits per heavy atom. The van der Waals surface area contributed by atoms with Crippen molar-refractivity contribution >= 4 is 16.9 Å². The van der Waals surface area contributed by atoms with Crippen LogP contribution in [-0.4, -0.2) is 54.1 Å². The van der Waals surface area contributed by atoms with E-state index in [0.29, 0.717) is 31.6 Å². The van der Waals surface area contributed by atoms with Crippen molar-refractivity contribution in [3.8, 4) is 0 Å². The van der Waals surface area contributed by atoms with Crippen LogP contribution in [0.1, 0.15) is 12.0 Å². The van der Waals surface area contributed by atoms with E-state index in [0.717, 1.165) is 10.9 Å². The van der Waals surface area contributed by atoms with E-state index in [2.05, 4.69) is 0 Å². The molecule has 1 aliphatic heterocycles. The van der Waals surface area contributed by atoms with Gasteiger partial charge >= 0.3 is 0 Å². The topological polar surface area (TPSA) is 56.9 Å². The molecule has 23 heavy (non-hydrogen) atoms. The molecule has 1 saturated heterocycles. The number of hydrogen-bond donors (Lipinski definition) is 1. The predicted molar refractivity (Wildman–Crippen MR) is 84.3 cm³/mol. The Morgan fingerprint density at radius 2 is 2.22 bits per heavy atom. The van der Waals surface area contributed by atoms with E-state index in [1.807, 2.05) is 4.90 Å². The first-order chi connectivity index (χ1) is 10.9. The Hall–Kier alpha value is -1.92. The van der Waals surface area contributed by atoms with Gasteiger partial charge in [-0.05, 0) is 18.2 Å². The first kappa shape index (κ1) is 16.0. The van der Waals surface area contributed by atoms with Crippen molar-refractivity contribution in [3.63, 3.8) is 0 Å². The quantitative estimate of drug-likeness (QED) is 0.934. The lowest BCUT2D eigenvalue weighted by molar-refractivity contribution is -0.130. The standard InChI is InChI=1S/C17H21FN2O3/c1-19(2)16(22)7-12-8-20(10-15(12)21)9-13-6-14(18)5-11-3-4-23-17(11)13/h3-6,12,15,21H,7-10H2,1-2H3/t12-,15-/m1/s1. The zero-order chi connectivity index (χ0) is 16.6. The van der Waals surface area contributed by atoms with Gasteiger partial charge in [0.25, 0.3) is 0 Å².